The molecule has 0 radical (unpaired) electrons. The van der Waals surface area contributed by atoms with Crippen molar-refractivity contribution in [2.24, 2.45) is 0 Å². The first kappa shape index (κ1) is 17.0. The number of fused-ring (bicyclic) bond motifs is 1. The van der Waals surface area contributed by atoms with Gasteiger partial charge >= 0.3 is 0 Å². The lowest BCUT2D eigenvalue weighted by molar-refractivity contribution is 0.0931. The molecule has 0 bridgehead atoms. The highest BCUT2D eigenvalue weighted by atomic mass is 32.1. The van der Waals surface area contributed by atoms with Gasteiger partial charge in [-0.25, -0.2) is 4.98 Å². The van der Waals surface area contributed by atoms with Gasteiger partial charge in [0.25, 0.3) is 5.91 Å². The van der Waals surface area contributed by atoms with Crippen LogP contribution < -0.4 is 5.32 Å². The Morgan fingerprint density at radius 3 is 2.85 bits per heavy atom. The quantitative estimate of drug-likeness (QED) is 0.765. The van der Waals surface area contributed by atoms with Crippen molar-refractivity contribution in [1.29, 1.82) is 0 Å². The van der Waals surface area contributed by atoms with Gasteiger partial charge in [0.15, 0.2) is 5.82 Å². The second-order valence-corrected chi connectivity index (χ2v) is 7.73. The first-order valence-electron chi connectivity index (χ1n) is 8.73. The summed E-state index contributed by atoms with van der Waals surface area (Å²) in [6, 6.07) is 1.89. The van der Waals surface area contributed by atoms with Crippen LogP contribution in [0.3, 0.4) is 0 Å². The van der Waals surface area contributed by atoms with E-state index in [1.54, 1.807) is 17.4 Å². The fourth-order valence-electron chi connectivity index (χ4n) is 3.41. The lowest BCUT2D eigenvalue weighted by Crippen LogP contribution is -2.35. The summed E-state index contributed by atoms with van der Waals surface area (Å²) >= 11 is 1.61. The number of rotatable bonds is 3. The molecular formula is C18H21N5O2S. The molecule has 0 aliphatic carbocycles. The number of carbonyl (C=O) groups is 1. The van der Waals surface area contributed by atoms with Crippen LogP contribution in [0.25, 0.3) is 11.5 Å². The second kappa shape index (κ2) is 6.68. The average molecular weight is 371 g/mol. The van der Waals surface area contributed by atoms with Gasteiger partial charge in [0.05, 0.1) is 10.6 Å². The van der Waals surface area contributed by atoms with E-state index in [4.69, 9.17) is 4.42 Å². The summed E-state index contributed by atoms with van der Waals surface area (Å²) in [5.74, 6) is 3.11. The SMILES string of the molecule is Cc1cc(C(=O)NC2CCc3nnc(-c4csc(C)n4)n3CC2)c(C)o1. The predicted octanol–water partition coefficient (Wildman–Crippen LogP) is 3.05. The van der Waals surface area contributed by atoms with Crippen LogP contribution in [0.5, 0.6) is 0 Å². The highest BCUT2D eigenvalue weighted by Crippen LogP contribution is 2.24. The maximum Gasteiger partial charge on any atom is 0.255 e. The molecule has 0 spiro atoms. The maximum absolute atomic E-state index is 12.5. The van der Waals surface area contributed by atoms with Gasteiger partial charge in [-0.1, -0.05) is 0 Å². The number of aromatic nitrogens is 4. The molecule has 1 aliphatic rings. The van der Waals surface area contributed by atoms with E-state index in [0.717, 1.165) is 53.9 Å². The molecule has 4 rings (SSSR count). The van der Waals surface area contributed by atoms with Gasteiger partial charge in [-0.15, -0.1) is 21.5 Å². The monoisotopic (exact) mass is 371 g/mol. The second-order valence-electron chi connectivity index (χ2n) is 6.67. The Balaban J connectivity index is 1.48. The number of amides is 1. The van der Waals surface area contributed by atoms with Gasteiger partial charge in [0.1, 0.15) is 23.0 Å². The molecule has 26 heavy (non-hydrogen) atoms. The molecule has 1 aliphatic heterocycles. The zero-order valence-corrected chi connectivity index (χ0v) is 15.9. The molecule has 8 heteroatoms. The van der Waals surface area contributed by atoms with E-state index in [1.165, 1.54) is 0 Å². The molecule has 1 atom stereocenters. The summed E-state index contributed by atoms with van der Waals surface area (Å²) < 4.78 is 7.60. The van der Waals surface area contributed by atoms with Gasteiger partial charge < -0.3 is 14.3 Å². The third-order valence-corrected chi connectivity index (χ3v) is 5.49. The van der Waals surface area contributed by atoms with Crippen molar-refractivity contribution in [1.82, 2.24) is 25.1 Å². The zero-order valence-electron chi connectivity index (χ0n) is 15.1. The normalized spacial score (nSPS) is 17.0. The smallest absolute Gasteiger partial charge is 0.255 e. The Labute approximate surface area is 155 Å². The van der Waals surface area contributed by atoms with Crippen LogP contribution in [-0.4, -0.2) is 31.7 Å². The molecule has 0 saturated carbocycles. The first-order chi connectivity index (χ1) is 12.5. The van der Waals surface area contributed by atoms with E-state index in [9.17, 15) is 4.79 Å². The van der Waals surface area contributed by atoms with Crippen molar-refractivity contribution in [3.63, 3.8) is 0 Å². The fourth-order valence-corrected chi connectivity index (χ4v) is 4.00. The number of hydrogen-bond donors (Lipinski definition) is 1. The minimum Gasteiger partial charge on any atom is -0.466 e. The molecule has 136 valence electrons. The molecular weight excluding hydrogens is 350 g/mol. The minimum atomic E-state index is -0.0719. The predicted molar refractivity (Wildman–Crippen MR) is 98.2 cm³/mol. The molecule has 3 aromatic heterocycles. The molecule has 0 saturated heterocycles. The Bertz CT molecular complexity index is 955. The summed E-state index contributed by atoms with van der Waals surface area (Å²) in [6.45, 7) is 6.42. The molecule has 0 aromatic carbocycles. The summed E-state index contributed by atoms with van der Waals surface area (Å²) in [5, 5.41) is 14.8. The Morgan fingerprint density at radius 2 is 2.15 bits per heavy atom. The van der Waals surface area contributed by atoms with Crippen LogP contribution in [0, 0.1) is 20.8 Å². The van der Waals surface area contributed by atoms with Crippen molar-refractivity contribution in [2.45, 2.75) is 52.6 Å². The molecule has 1 N–H and O–H groups in total. The number of furan rings is 1. The summed E-state index contributed by atoms with van der Waals surface area (Å²) in [6.07, 6.45) is 2.46. The van der Waals surface area contributed by atoms with Gasteiger partial charge in [-0.2, -0.15) is 0 Å². The number of hydrogen-bond acceptors (Lipinski definition) is 6. The van der Waals surface area contributed by atoms with Crippen molar-refractivity contribution in [2.75, 3.05) is 0 Å². The largest absolute Gasteiger partial charge is 0.466 e. The molecule has 0 fully saturated rings. The third kappa shape index (κ3) is 3.16. The summed E-state index contributed by atoms with van der Waals surface area (Å²) in [4.78, 5) is 17.1. The van der Waals surface area contributed by atoms with Crippen molar-refractivity contribution in [3.05, 3.63) is 39.4 Å². The van der Waals surface area contributed by atoms with Crippen LogP contribution in [0.2, 0.25) is 0 Å². The Hall–Kier alpha value is -2.48. The molecule has 1 unspecified atom stereocenters. The van der Waals surface area contributed by atoms with E-state index in [2.05, 4.69) is 25.1 Å². The third-order valence-electron chi connectivity index (χ3n) is 4.71. The highest BCUT2D eigenvalue weighted by molar-refractivity contribution is 7.09. The van der Waals surface area contributed by atoms with E-state index in [1.807, 2.05) is 26.2 Å². The standard InChI is InChI=1S/C18H21N5O2S/c1-10-8-14(11(2)25-10)18(24)20-13-4-5-16-21-22-17(23(16)7-6-13)15-9-26-12(3)19-15/h8-9,13H,4-7H2,1-3H3,(H,20,24). The van der Waals surface area contributed by atoms with E-state index >= 15 is 0 Å². The van der Waals surface area contributed by atoms with Crippen LogP contribution in [-0.2, 0) is 13.0 Å². The molecule has 7 nitrogen and oxygen atoms in total. The summed E-state index contributed by atoms with van der Waals surface area (Å²) in [5.41, 5.74) is 1.49. The van der Waals surface area contributed by atoms with Gasteiger partial charge in [-0.3, -0.25) is 4.79 Å². The van der Waals surface area contributed by atoms with Crippen LogP contribution in [0.1, 0.15) is 45.6 Å². The van der Waals surface area contributed by atoms with Gasteiger partial charge in [-0.05, 0) is 39.7 Å². The molecule has 1 amide bonds. The zero-order chi connectivity index (χ0) is 18.3. The highest BCUT2D eigenvalue weighted by Gasteiger charge is 2.24. The lowest BCUT2D eigenvalue weighted by atomic mass is 10.1. The maximum atomic E-state index is 12.5. The van der Waals surface area contributed by atoms with Crippen LogP contribution in [0.4, 0.5) is 0 Å². The Morgan fingerprint density at radius 1 is 1.31 bits per heavy atom. The number of nitrogens with one attached hydrogen (secondary N) is 1. The summed E-state index contributed by atoms with van der Waals surface area (Å²) in [7, 11) is 0. The van der Waals surface area contributed by atoms with Gasteiger partial charge in [0, 0.05) is 24.4 Å². The molecule has 3 aromatic rings. The lowest BCUT2D eigenvalue weighted by Gasteiger charge is -2.15. The van der Waals surface area contributed by atoms with Gasteiger partial charge in [0.2, 0.25) is 0 Å². The fraction of sp³-hybridized carbons (Fsp3) is 0.444. The molecule has 4 heterocycles. The number of thiazole rings is 1. The van der Waals surface area contributed by atoms with Crippen LogP contribution >= 0.6 is 11.3 Å². The van der Waals surface area contributed by atoms with E-state index < -0.39 is 0 Å². The topological polar surface area (TPSA) is 85.8 Å². The van der Waals surface area contributed by atoms with E-state index in [-0.39, 0.29) is 11.9 Å². The average Bonchev–Trinajstić information content (AvgIpc) is 3.25. The first-order valence-corrected chi connectivity index (χ1v) is 9.61. The number of nitrogens with zero attached hydrogens (tertiary/aromatic N) is 4. The Kier molecular flexibility index (Phi) is 4.36. The van der Waals surface area contributed by atoms with Crippen LogP contribution in [0.15, 0.2) is 15.9 Å². The van der Waals surface area contributed by atoms with E-state index in [0.29, 0.717) is 11.3 Å². The number of carbonyl (C=O) groups excluding carboxylic acids is 1. The van der Waals surface area contributed by atoms with Crippen molar-refractivity contribution < 1.29 is 9.21 Å². The van der Waals surface area contributed by atoms with Crippen molar-refractivity contribution in [3.8, 4) is 11.5 Å². The number of aryl methyl sites for hydroxylation is 4. The van der Waals surface area contributed by atoms with Crippen molar-refractivity contribution >= 4 is 17.2 Å². The minimum absolute atomic E-state index is 0.0719.